The van der Waals surface area contributed by atoms with Gasteiger partial charge in [0.15, 0.2) is 5.82 Å². The van der Waals surface area contributed by atoms with Crippen LogP contribution in [-0.2, 0) is 17.8 Å². The highest BCUT2D eigenvalue weighted by Crippen LogP contribution is 2.28. The van der Waals surface area contributed by atoms with Gasteiger partial charge in [0.2, 0.25) is 5.91 Å². The van der Waals surface area contributed by atoms with E-state index in [9.17, 15) is 4.79 Å². The first-order valence-corrected chi connectivity index (χ1v) is 9.07. The number of rotatable bonds is 3. The number of nitrogens with one attached hydrogen (secondary N) is 2. The maximum absolute atomic E-state index is 12.8. The summed E-state index contributed by atoms with van der Waals surface area (Å²) in [6.07, 6.45) is 2.83. The van der Waals surface area contributed by atoms with E-state index < -0.39 is 0 Å². The molecule has 9 heteroatoms. The van der Waals surface area contributed by atoms with Crippen LogP contribution < -0.4 is 21.5 Å². The van der Waals surface area contributed by atoms with E-state index in [1.54, 1.807) is 6.20 Å². The van der Waals surface area contributed by atoms with E-state index in [1.807, 2.05) is 42.1 Å². The van der Waals surface area contributed by atoms with Crippen molar-refractivity contribution in [3.8, 4) is 11.5 Å². The van der Waals surface area contributed by atoms with Crippen LogP contribution in [0.1, 0.15) is 17.7 Å². The number of fused-ring (bicyclic) bond motifs is 1. The van der Waals surface area contributed by atoms with Crippen molar-refractivity contribution in [2.75, 3.05) is 25.5 Å². The first-order valence-electron chi connectivity index (χ1n) is 9.07. The lowest BCUT2D eigenvalue weighted by atomic mass is 10.0. The van der Waals surface area contributed by atoms with Crippen LogP contribution in [0.2, 0.25) is 0 Å². The lowest BCUT2D eigenvalue weighted by Crippen LogP contribution is -2.47. The Bertz CT molecular complexity index is 841. The quantitative estimate of drug-likeness (QED) is 0.673. The Hall–Kier alpha value is -2.62. The zero-order valence-electron chi connectivity index (χ0n) is 15.5. The maximum Gasteiger partial charge on any atom is 0.241 e. The third-order valence-corrected chi connectivity index (χ3v) is 4.90. The number of nitrogens with two attached hydrogens (primary N) is 1. The average Bonchev–Trinajstić information content (AvgIpc) is 3.13. The molecule has 1 amide bonds. The fourth-order valence-electron chi connectivity index (χ4n) is 3.54. The van der Waals surface area contributed by atoms with Crippen molar-refractivity contribution in [3.05, 3.63) is 35.7 Å². The van der Waals surface area contributed by atoms with Crippen molar-refractivity contribution >= 4 is 11.7 Å². The van der Waals surface area contributed by atoms with Crippen LogP contribution in [-0.4, -0.2) is 58.6 Å². The van der Waals surface area contributed by atoms with E-state index in [0.717, 1.165) is 29.2 Å². The highest BCUT2D eigenvalue weighted by atomic mass is 16.2. The van der Waals surface area contributed by atoms with Gasteiger partial charge in [0, 0.05) is 38.8 Å². The molecule has 2 aliphatic heterocycles. The molecule has 0 saturated carbocycles. The van der Waals surface area contributed by atoms with Crippen molar-refractivity contribution in [1.29, 1.82) is 0 Å². The van der Waals surface area contributed by atoms with Gasteiger partial charge >= 0.3 is 0 Å². The number of hydrogen-bond donors (Lipinski definition) is 3. The van der Waals surface area contributed by atoms with Gasteiger partial charge in [-0.1, -0.05) is 6.07 Å². The minimum absolute atomic E-state index is 0.0468. The number of anilines is 1. The van der Waals surface area contributed by atoms with E-state index in [2.05, 4.69) is 15.8 Å². The molecule has 9 nitrogen and oxygen atoms in total. The van der Waals surface area contributed by atoms with Gasteiger partial charge in [0.25, 0.3) is 0 Å². The molecule has 4 rings (SSSR count). The van der Waals surface area contributed by atoms with E-state index in [4.69, 9.17) is 15.7 Å². The second kappa shape index (κ2) is 7.18. The molecule has 1 fully saturated rings. The van der Waals surface area contributed by atoms with Crippen LogP contribution in [0.3, 0.4) is 0 Å². The molecule has 0 aliphatic carbocycles. The van der Waals surface area contributed by atoms with Gasteiger partial charge in [-0.25, -0.2) is 20.8 Å². The number of hydrogen-bond acceptors (Lipinski definition) is 8. The molecule has 0 bridgehead atoms. The molecule has 0 aromatic carbocycles. The predicted octanol–water partition coefficient (Wildman–Crippen LogP) is -0.359. The summed E-state index contributed by atoms with van der Waals surface area (Å²) >= 11 is 0. The lowest BCUT2D eigenvalue weighted by Gasteiger charge is -2.32. The fraction of sp³-hybridized carbons (Fsp3) is 0.444. The Morgan fingerprint density at radius 2 is 2.15 bits per heavy atom. The van der Waals surface area contributed by atoms with Crippen LogP contribution >= 0.6 is 0 Å². The van der Waals surface area contributed by atoms with Gasteiger partial charge in [-0.2, -0.15) is 0 Å². The van der Waals surface area contributed by atoms with E-state index in [-0.39, 0.29) is 18.1 Å². The normalized spacial score (nSPS) is 21.8. The Balaban J connectivity index is 1.65. The molecule has 1 saturated heterocycles. The first-order chi connectivity index (χ1) is 13.0. The summed E-state index contributed by atoms with van der Waals surface area (Å²) in [5.74, 6) is 1.51. The van der Waals surface area contributed by atoms with Gasteiger partial charge in [-0.05, 0) is 18.6 Å². The molecule has 0 spiro atoms. The number of amides is 1. The molecule has 2 aromatic heterocycles. The van der Waals surface area contributed by atoms with E-state index in [0.29, 0.717) is 25.3 Å². The second-order valence-corrected chi connectivity index (χ2v) is 7.10. The lowest BCUT2D eigenvalue weighted by molar-refractivity contribution is -0.134. The summed E-state index contributed by atoms with van der Waals surface area (Å²) in [5.41, 5.74) is 14.4. The molecule has 4 heterocycles. The topological polar surface area (TPSA) is 112 Å². The third-order valence-electron chi connectivity index (χ3n) is 4.90. The molecule has 2 atom stereocenters. The Morgan fingerprint density at radius 3 is 2.81 bits per heavy atom. The number of carbonyl (C=O) groups is 1. The largest absolute Gasteiger partial charge is 0.362 e. The van der Waals surface area contributed by atoms with Crippen molar-refractivity contribution in [2.24, 2.45) is 5.73 Å². The van der Waals surface area contributed by atoms with Gasteiger partial charge < -0.3 is 15.5 Å². The highest BCUT2D eigenvalue weighted by molar-refractivity contribution is 5.82. The standard InChI is InChI=1S/C18H24N8O/c1-25(2)17-11-6-8-26(18(27)13-9-15(19)24-23-13)10-14(11)21-16(22-17)12-5-3-4-7-20-12/h3-5,7,13,15,23-24H,6,8-10,19H2,1-2H3. The highest BCUT2D eigenvalue weighted by Gasteiger charge is 2.33. The summed E-state index contributed by atoms with van der Waals surface area (Å²) in [5, 5.41) is 0. The van der Waals surface area contributed by atoms with Crippen LogP contribution in [0, 0.1) is 0 Å². The smallest absolute Gasteiger partial charge is 0.241 e. The zero-order chi connectivity index (χ0) is 19.0. The van der Waals surface area contributed by atoms with Crippen molar-refractivity contribution < 1.29 is 4.79 Å². The fourth-order valence-corrected chi connectivity index (χ4v) is 3.54. The van der Waals surface area contributed by atoms with Crippen molar-refractivity contribution in [2.45, 2.75) is 31.6 Å². The van der Waals surface area contributed by atoms with E-state index in [1.165, 1.54) is 0 Å². The second-order valence-electron chi connectivity index (χ2n) is 7.10. The van der Waals surface area contributed by atoms with Crippen LogP contribution in [0.25, 0.3) is 11.5 Å². The molecular weight excluding hydrogens is 344 g/mol. The Kier molecular flexibility index (Phi) is 4.73. The number of pyridine rings is 1. The van der Waals surface area contributed by atoms with E-state index >= 15 is 0 Å². The first kappa shape index (κ1) is 17.8. The molecule has 2 aromatic rings. The SMILES string of the molecule is CN(C)c1nc(-c2ccccn2)nc2c1CCN(C(=O)C1CC(N)NN1)C2. The molecule has 27 heavy (non-hydrogen) atoms. The maximum atomic E-state index is 12.8. The van der Waals surface area contributed by atoms with Gasteiger partial charge in [0.05, 0.1) is 18.4 Å². The minimum Gasteiger partial charge on any atom is -0.362 e. The van der Waals surface area contributed by atoms with Gasteiger partial charge in [-0.15, -0.1) is 0 Å². The average molecular weight is 368 g/mol. The summed E-state index contributed by atoms with van der Waals surface area (Å²) in [7, 11) is 3.94. The van der Waals surface area contributed by atoms with Crippen LogP contribution in [0.4, 0.5) is 5.82 Å². The van der Waals surface area contributed by atoms with Crippen LogP contribution in [0.5, 0.6) is 0 Å². The Morgan fingerprint density at radius 1 is 1.30 bits per heavy atom. The molecule has 2 aliphatic rings. The summed E-state index contributed by atoms with van der Waals surface area (Å²) in [6, 6.07) is 5.37. The van der Waals surface area contributed by atoms with Gasteiger partial charge in [0.1, 0.15) is 17.6 Å². The molecule has 0 radical (unpaired) electrons. The molecule has 4 N–H and O–H groups in total. The minimum atomic E-state index is -0.299. The molecular formula is C18H24N8O. The molecule has 142 valence electrons. The van der Waals surface area contributed by atoms with Crippen molar-refractivity contribution in [1.82, 2.24) is 30.7 Å². The number of carbonyl (C=O) groups excluding carboxylic acids is 1. The molecule has 2 unspecified atom stereocenters. The van der Waals surface area contributed by atoms with Crippen LogP contribution in [0.15, 0.2) is 24.4 Å². The van der Waals surface area contributed by atoms with Crippen molar-refractivity contribution in [3.63, 3.8) is 0 Å². The number of hydrazine groups is 1. The zero-order valence-corrected chi connectivity index (χ0v) is 15.5. The summed E-state index contributed by atoms with van der Waals surface area (Å²) in [6.45, 7) is 1.11. The predicted molar refractivity (Wildman–Crippen MR) is 101 cm³/mol. The Labute approximate surface area is 158 Å². The summed E-state index contributed by atoms with van der Waals surface area (Å²) < 4.78 is 0. The number of nitrogens with zero attached hydrogens (tertiary/aromatic N) is 5. The van der Waals surface area contributed by atoms with Gasteiger partial charge in [-0.3, -0.25) is 9.78 Å². The monoisotopic (exact) mass is 368 g/mol. The third kappa shape index (κ3) is 3.48. The number of aromatic nitrogens is 3. The summed E-state index contributed by atoms with van der Waals surface area (Å²) in [4.78, 5) is 30.5.